The topological polar surface area (TPSA) is 87.8 Å². The molecule has 0 unspecified atom stereocenters. The van der Waals surface area contributed by atoms with Crippen molar-refractivity contribution >= 4 is 11.6 Å². The number of hydrogen-bond donors (Lipinski definition) is 2. The van der Waals surface area contributed by atoms with Crippen LogP contribution in [0.5, 0.6) is 0 Å². The maximum absolute atomic E-state index is 10.9. The van der Waals surface area contributed by atoms with Crippen LogP contribution in [0.25, 0.3) is 0 Å². The zero-order valence-corrected chi connectivity index (χ0v) is 21.1. The SMILES string of the molecule is C.CC.CC.CC(=O)c1ccccc1C.CC(=O)c1ccccc1C.CCN.CC[NH3+]. The van der Waals surface area contributed by atoms with Crippen molar-refractivity contribution < 1.29 is 15.3 Å². The van der Waals surface area contributed by atoms with Gasteiger partial charge in [-0.25, -0.2) is 0 Å². The predicted octanol–water partition coefficient (Wildman–Crippen LogP) is 6.30. The van der Waals surface area contributed by atoms with Gasteiger partial charge in [-0.15, -0.1) is 0 Å². The lowest BCUT2D eigenvalue weighted by Crippen LogP contribution is -2.48. The molecule has 4 heteroatoms. The van der Waals surface area contributed by atoms with Gasteiger partial charge in [-0.1, -0.05) is 90.6 Å². The van der Waals surface area contributed by atoms with Crippen LogP contribution in [-0.2, 0) is 0 Å². The van der Waals surface area contributed by atoms with Gasteiger partial charge >= 0.3 is 0 Å². The average Bonchev–Trinajstić information content (AvgIpc) is 2.73. The van der Waals surface area contributed by atoms with Crippen molar-refractivity contribution in [2.24, 2.45) is 5.73 Å². The van der Waals surface area contributed by atoms with Crippen LogP contribution in [0.2, 0.25) is 0 Å². The van der Waals surface area contributed by atoms with Gasteiger partial charge in [0.2, 0.25) is 0 Å². The Morgan fingerprint density at radius 1 is 0.742 bits per heavy atom. The van der Waals surface area contributed by atoms with Crippen LogP contribution in [0.4, 0.5) is 0 Å². The third kappa shape index (κ3) is 23.8. The van der Waals surface area contributed by atoms with E-state index in [1.807, 2.05) is 104 Å². The zero-order valence-electron chi connectivity index (χ0n) is 21.1. The molecule has 31 heavy (non-hydrogen) atoms. The van der Waals surface area contributed by atoms with Crippen LogP contribution in [-0.4, -0.2) is 24.7 Å². The predicted molar refractivity (Wildman–Crippen MR) is 140 cm³/mol. The standard InChI is InChI=1S/2C9H10O.2C2H7N.2C2H6.CH4/c2*1-7-5-3-4-6-9(7)8(2)10;2*1-2-3;2*1-2;/h2*3-6H,1-2H3;2*2-3H2,1H3;2*1-2H3;1H4/p+1. The highest BCUT2D eigenvalue weighted by atomic mass is 16.1. The number of hydrogen-bond acceptors (Lipinski definition) is 3. The lowest BCUT2D eigenvalue weighted by Gasteiger charge is -1.97. The van der Waals surface area contributed by atoms with E-state index in [4.69, 9.17) is 5.73 Å². The van der Waals surface area contributed by atoms with Crippen LogP contribution in [0.3, 0.4) is 0 Å². The summed E-state index contributed by atoms with van der Waals surface area (Å²) in [4.78, 5) is 21.7. The second-order valence-electron chi connectivity index (χ2n) is 5.65. The van der Waals surface area contributed by atoms with Crippen molar-refractivity contribution in [2.45, 2.75) is 76.7 Å². The summed E-state index contributed by atoms with van der Waals surface area (Å²) >= 11 is 0. The quantitative estimate of drug-likeness (QED) is 0.543. The minimum absolute atomic E-state index is 0. The second kappa shape index (κ2) is 29.9. The molecule has 2 aromatic rings. The van der Waals surface area contributed by atoms with Crippen LogP contribution in [0.1, 0.15) is 94.7 Å². The first-order valence-corrected chi connectivity index (χ1v) is 10.9. The van der Waals surface area contributed by atoms with Crippen molar-refractivity contribution in [3.63, 3.8) is 0 Å². The van der Waals surface area contributed by atoms with Crippen LogP contribution < -0.4 is 11.5 Å². The van der Waals surface area contributed by atoms with Crippen LogP contribution in [0, 0.1) is 13.8 Å². The van der Waals surface area contributed by atoms with Gasteiger partial charge in [-0.3, -0.25) is 9.59 Å². The molecule has 5 N–H and O–H groups in total. The van der Waals surface area contributed by atoms with E-state index >= 15 is 0 Å². The van der Waals surface area contributed by atoms with E-state index < -0.39 is 0 Å². The molecule has 0 saturated heterocycles. The molecule has 180 valence electrons. The highest BCUT2D eigenvalue weighted by Crippen LogP contribution is 2.07. The Morgan fingerprint density at radius 2 is 0.935 bits per heavy atom. The summed E-state index contributed by atoms with van der Waals surface area (Å²) in [7, 11) is 0. The molecule has 4 nitrogen and oxygen atoms in total. The fourth-order valence-corrected chi connectivity index (χ4v) is 1.94. The Hall–Kier alpha value is -2.30. The highest BCUT2D eigenvalue weighted by molar-refractivity contribution is 5.95. The van der Waals surface area contributed by atoms with Crippen molar-refractivity contribution in [1.29, 1.82) is 0 Å². The Bertz CT molecular complexity index is 596. The molecule has 0 fully saturated rings. The molecule has 0 saturated carbocycles. The summed E-state index contributed by atoms with van der Waals surface area (Å²) < 4.78 is 0. The first kappa shape index (κ1) is 39.2. The molecule has 0 amide bonds. The van der Waals surface area contributed by atoms with Crippen molar-refractivity contribution in [2.75, 3.05) is 13.1 Å². The van der Waals surface area contributed by atoms with Crippen molar-refractivity contribution in [3.05, 3.63) is 70.8 Å². The maximum Gasteiger partial charge on any atom is 0.160 e. The van der Waals surface area contributed by atoms with E-state index in [0.29, 0.717) is 0 Å². The number of nitrogens with two attached hydrogens (primary N) is 1. The number of carbonyl (C=O) groups excluding carboxylic acids is 2. The smallest absolute Gasteiger partial charge is 0.160 e. The largest absolute Gasteiger partial charge is 0.358 e. The Morgan fingerprint density at radius 3 is 1.06 bits per heavy atom. The van der Waals surface area contributed by atoms with Gasteiger partial charge in [-0.2, -0.15) is 0 Å². The van der Waals surface area contributed by atoms with Gasteiger partial charge in [0.05, 0.1) is 6.54 Å². The molecule has 2 rings (SSSR count). The number of quaternary nitrogens is 1. The van der Waals surface area contributed by atoms with Gasteiger partial charge in [0.15, 0.2) is 11.6 Å². The minimum atomic E-state index is 0. The molecule has 0 aliphatic carbocycles. The second-order valence-corrected chi connectivity index (χ2v) is 5.65. The van der Waals surface area contributed by atoms with Gasteiger partial charge in [0, 0.05) is 11.1 Å². The molecule has 0 aliphatic rings. The van der Waals surface area contributed by atoms with E-state index in [9.17, 15) is 9.59 Å². The molecular weight excluding hydrogens is 384 g/mol. The molecule has 2 aromatic carbocycles. The van der Waals surface area contributed by atoms with Gasteiger partial charge in [0.1, 0.15) is 0 Å². The summed E-state index contributed by atoms with van der Waals surface area (Å²) in [6.07, 6.45) is 0. The Labute approximate surface area is 193 Å². The molecule has 0 aliphatic heterocycles. The van der Waals surface area contributed by atoms with Gasteiger partial charge in [0.25, 0.3) is 0 Å². The Kier molecular flexibility index (Phi) is 37.8. The van der Waals surface area contributed by atoms with Crippen molar-refractivity contribution in [1.82, 2.24) is 0 Å². The van der Waals surface area contributed by atoms with Crippen LogP contribution >= 0.6 is 0 Å². The fraction of sp³-hybridized carbons (Fsp3) is 0.481. The van der Waals surface area contributed by atoms with Crippen LogP contribution in [0.15, 0.2) is 48.5 Å². The molecule has 0 bridgehead atoms. The number of aryl methyl sites for hydroxylation is 2. The zero-order chi connectivity index (χ0) is 24.5. The Balaban J connectivity index is -0.000000101. The molecule has 0 heterocycles. The van der Waals surface area contributed by atoms with Gasteiger partial charge < -0.3 is 11.5 Å². The molecular formula is C27H51N2O2+. The van der Waals surface area contributed by atoms with Gasteiger partial charge in [-0.05, 0) is 52.3 Å². The summed E-state index contributed by atoms with van der Waals surface area (Å²) in [6.45, 7) is 20.7. The number of rotatable bonds is 2. The van der Waals surface area contributed by atoms with E-state index in [-0.39, 0.29) is 19.0 Å². The number of benzene rings is 2. The summed E-state index contributed by atoms with van der Waals surface area (Å²) in [5, 5.41) is 0. The number of ketones is 2. The monoisotopic (exact) mass is 435 g/mol. The van der Waals surface area contributed by atoms with E-state index in [1.165, 1.54) is 0 Å². The summed E-state index contributed by atoms with van der Waals surface area (Å²) in [6, 6.07) is 15.2. The third-order valence-electron chi connectivity index (χ3n) is 3.05. The number of Topliss-reactive ketones (excluding diaryl/α,β-unsaturated/α-hetero) is 2. The first-order chi connectivity index (χ1) is 14.3. The van der Waals surface area contributed by atoms with E-state index in [0.717, 1.165) is 35.3 Å². The lowest BCUT2D eigenvalue weighted by molar-refractivity contribution is -0.361. The summed E-state index contributed by atoms with van der Waals surface area (Å²) in [5.41, 5.74) is 12.1. The normalized spacial score (nSPS) is 7.61. The van der Waals surface area contributed by atoms with E-state index in [2.05, 4.69) is 5.73 Å². The first-order valence-electron chi connectivity index (χ1n) is 10.9. The average molecular weight is 436 g/mol. The highest BCUT2D eigenvalue weighted by Gasteiger charge is 2.00. The van der Waals surface area contributed by atoms with E-state index in [1.54, 1.807) is 13.8 Å². The minimum Gasteiger partial charge on any atom is -0.358 e. The maximum atomic E-state index is 10.9. The summed E-state index contributed by atoms with van der Waals surface area (Å²) in [5.74, 6) is 0.274. The molecule has 0 atom stereocenters. The third-order valence-corrected chi connectivity index (χ3v) is 3.05. The molecule has 0 radical (unpaired) electrons. The molecule has 0 spiro atoms. The number of carbonyl (C=O) groups is 2. The lowest BCUT2D eigenvalue weighted by atomic mass is 10.1. The molecule has 0 aromatic heterocycles. The van der Waals surface area contributed by atoms with Crippen molar-refractivity contribution in [3.8, 4) is 0 Å². The fourth-order valence-electron chi connectivity index (χ4n) is 1.94.